The van der Waals surface area contributed by atoms with E-state index in [-0.39, 0.29) is 17.5 Å². The van der Waals surface area contributed by atoms with E-state index in [4.69, 9.17) is 9.47 Å². The zero-order chi connectivity index (χ0) is 20.7. The monoisotopic (exact) mass is 386 g/mol. The number of carbonyl (C=O) groups excluding carboxylic acids is 2. The molecule has 2 aromatic rings. The second-order valence-corrected chi connectivity index (χ2v) is 6.37. The first kappa shape index (κ1) is 21.0. The van der Waals surface area contributed by atoms with E-state index in [1.165, 1.54) is 25.1 Å². The number of rotatable bonds is 8. The van der Waals surface area contributed by atoms with Gasteiger partial charge in [0.2, 0.25) is 0 Å². The van der Waals surface area contributed by atoms with Crippen molar-refractivity contribution in [2.75, 3.05) is 5.32 Å². The van der Waals surface area contributed by atoms with Crippen LogP contribution in [0.5, 0.6) is 0 Å². The normalized spacial score (nSPS) is 11.7. The first-order chi connectivity index (χ1) is 13.3. The molecule has 0 aliphatic rings. The van der Waals surface area contributed by atoms with Crippen LogP contribution < -0.4 is 5.32 Å². The summed E-state index contributed by atoms with van der Waals surface area (Å²) < 4.78 is 10.6. The molecule has 2 aromatic carbocycles. The Balaban J connectivity index is 1.96. The number of amides is 1. The lowest BCUT2D eigenvalue weighted by atomic mass is 10.1. The molecule has 0 unspecified atom stereocenters. The molecule has 1 N–H and O–H groups in total. The first-order valence-corrected chi connectivity index (χ1v) is 8.73. The van der Waals surface area contributed by atoms with E-state index in [9.17, 15) is 19.7 Å². The van der Waals surface area contributed by atoms with Crippen molar-refractivity contribution in [2.24, 2.45) is 0 Å². The molecular formula is C20H22N2O6. The van der Waals surface area contributed by atoms with Crippen LogP contribution in [0, 0.1) is 10.1 Å². The molecule has 0 aromatic heterocycles. The molecule has 0 aliphatic carbocycles. The fourth-order valence-electron chi connectivity index (χ4n) is 2.25. The highest BCUT2D eigenvalue weighted by Gasteiger charge is 2.22. The van der Waals surface area contributed by atoms with E-state index in [2.05, 4.69) is 5.32 Å². The van der Waals surface area contributed by atoms with Gasteiger partial charge in [-0.1, -0.05) is 24.3 Å². The Bertz CT molecular complexity index is 848. The number of hydrogen-bond donors (Lipinski definition) is 1. The minimum Gasteiger partial charge on any atom is -0.449 e. The number of ether oxygens (including phenoxy) is 2. The maximum Gasteiger partial charge on any atom is 0.338 e. The van der Waals surface area contributed by atoms with Crippen LogP contribution in [0.4, 0.5) is 11.4 Å². The molecule has 0 fully saturated rings. The molecule has 0 saturated carbocycles. The molecule has 1 amide bonds. The summed E-state index contributed by atoms with van der Waals surface area (Å²) in [4.78, 5) is 34.9. The second-order valence-electron chi connectivity index (χ2n) is 6.37. The van der Waals surface area contributed by atoms with Crippen molar-refractivity contribution in [3.63, 3.8) is 0 Å². The summed E-state index contributed by atoms with van der Waals surface area (Å²) in [6.45, 7) is 5.69. The fourth-order valence-corrected chi connectivity index (χ4v) is 2.25. The van der Waals surface area contributed by atoms with E-state index in [1.54, 1.807) is 30.3 Å². The number of nitrogens with one attached hydrogen (secondary N) is 1. The van der Waals surface area contributed by atoms with Crippen LogP contribution in [0.25, 0.3) is 0 Å². The van der Waals surface area contributed by atoms with Crippen LogP contribution in [0.3, 0.4) is 0 Å². The summed E-state index contributed by atoms with van der Waals surface area (Å²) in [5.74, 6) is -1.33. The standard InChI is InChI=1S/C20H22N2O6/c1-13(2)27-12-15-8-10-16(11-9-15)20(24)28-14(3)19(23)21-17-6-4-5-7-18(17)22(25)26/h4-11,13-14H,12H2,1-3H3,(H,21,23)/t14-/m0/s1. The van der Waals surface area contributed by atoms with Crippen molar-refractivity contribution in [3.05, 3.63) is 69.8 Å². The number of nitrogens with zero attached hydrogens (tertiary/aromatic N) is 1. The minimum absolute atomic E-state index is 0.0369. The van der Waals surface area contributed by atoms with Gasteiger partial charge in [-0.05, 0) is 44.5 Å². The summed E-state index contributed by atoms with van der Waals surface area (Å²) >= 11 is 0. The van der Waals surface area contributed by atoms with Crippen LogP contribution in [-0.4, -0.2) is 29.0 Å². The lowest BCUT2D eigenvalue weighted by molar-refractivity contribution is -0.383. The van der Waals surface area contributed by atoms with E-state index in [1.807, 2.05) is 13.8 Å². The van der Waals surface area contributed by atoms with E-state index < -0.39 is 22.9 Å². The molecule has 8 nitrogen and oxygen atoms in total. The van der Waals surface area contributed by atoms with E-state index >= 15 is 0 Å². The zero-order valence-electron chi connectivity index (χ0n) is 15.9. The van der Waals surface area contributed by atoms with Gasteiger partial charge in [0.1, 0.15) is 5.69 Å². The van der Waals surface area contributed by atoms with Crippen molar-refractivity contribution in [1.29, 1.82) is 0 Å². The Morgan fingerprint density at radius 1 is 1.07 bits per heavy atom. The van der Waals surface area contributed by atoms with Gasteiger partial charge in [0.15, 0.2) is 6.10 Å². The number of hydrogen-bond acceptors (Lipinski definition) is 6. The smallest absolute Gasteiger partial charge is 0.338 e. The molecule has 1 atom stereocenters. The largest absolute Gasteiger partial charge is 0.449 e. The number of benzene rings is 2. The molecule has 0 heterocycles. The highest BCUT2D eigenvalue weighted by atomic mass is 16.6. The highest BCUT2D eigenvalue weighted by Crippen LogP contribution is 2.23. The molecule has 0 bridgehead atoms. The third kappa shape index (κ3) is 5.88. The molecule has 8 heteroatoms. The maximum absolute atomic E-state index is 12.2. The predicted molar refractivity (Wildman–Crippen MR) is 103 cm³/mol. The van der Waals surface area contributed by atoms with Gasteiger partial charge in [-0.3, -0.25) is 14.9 Å². The Kier molecular flexibility index (Phi) is 7.22. The number of para-hydroxylation sites is 2. The molecule has 2 rings (SSSR count). The minimum atomic E-state index is -1.13. The van der Waals surface area contributed by atoms with E-state index in [0.717, 1.165) is 5.56 Å². The number of esters is 1. The van der Waals surface area contributed by atoms with Crippen molar-refractivity contribution in [1.82, 2.24) is 0 Å². The topological polar surface area (TPSA) is 108 Å². The van der Waals surface area contributed by atoms with Gasteiger partial charge in [0.25, 0.3) is 11.6 Å². The summed E-state index contributed by atoms with van der Waals surface area (Å²) in [7, 11) is 0. The molecule has 0 aliphatic heterocycles. The lowest BCUT2D eigenvalue weighted by Gasteiger charge is -2.14. The Morgan fingerprint density at radius 2 is 1.71 bits per heavy atom. The maximum atomic E-state index is 12.2. The number of nitro benzene ring substituents is 1. The van der Waals surface area contributed by atoms with Crippen LogP contribution >= 0.6 is 0 Å². The van der Waals surface area contributed by atoms with Gasteiger partial charge in [0.05, 0.1) is 23.2 Å². The van der Waals surface area contributed by atoms with Crippen molar-refractivity contribution < 1.29 is 24.0 Å². The van der Waals surface area contributed by atoms with Gasteiger partial charge in [-0.2, -0.15) is 0 Å². The Labute approximate surface area is 162 Å². The van der Waals surface area contributed by atoms with Gasteiger partial charge in [0, 0.05) is 6.07 Å². The fraction of sp³-hybridized carbons (Fsp3) is 0.300. The number of carbonyl (C=O) groups is 2. The van der Waals surface area contributed by atoms with Gasteiger partial charge in [-0.15, -0.1) is 0 Å². The summed E-state index contributed by atoms with van der Waals surface area (Å²) in [5.41, 5.74) is 0.995. The molecule has 0 radical (unpaired) electrons. The van der Waals surface area contributed by atoms with Crippen LogP contribution in [0.1, 0.15) is 36.7 Å². The zero-order valence-corrected chi connectivity index (χ0v) is 15.9. The third-order valence-electron chi connectivity index (χ3n) is 3.78. The van der Waals surface area contributed by atoms with Crippen molar-refractivity contribution in [3.8, 4) is 0 Å². The van der Waals surface area contributed by atoms with Gasteiger partial charge < -0.3 is 14.8 Å². The van der Waals surface area contributed by atoms with Crippen molar-refractivity contribution in [2.45, 2.75) is 39.6 Å². The highest BCUT2D eigenvalue weighted by molar-refractivity contribution is 5.98. The molecule has 0 saturated heterocycles. The number of anilines is 1. The molecule has 28 heavy (non-hydrogen) atoms. The molecule has 148 valence electrons. The summed E-state index contributed by atoms with van der Waals surface area (Å²) in [6, 6.07) is 12.4. The number of nitro groups is 1. The lowest BCUT2D eigenvalue weighted by Crippen LogP contribution is -2.30. The molecule has 0 spiro atoms. The SMILES string of the molecule is CC(C)OCc1ccc(C(=O)O[C@@H](C)C(=O)Nc2ccccc2[N+](=O)[O-])cc1. The predicted octanol–water partition coefficient (Wildman–Crippen LogP) is 3.70. The average molecular weight is 386 g/mol. The van der Waals surface area contributed by atoms with Crippen LogP contribution in [0.15, 0.2) is 48.5 Å². The van der Waals surface area contributed by atoms with Crippen molar-refractivity contribution >= 4 is 23.3 Å². The first-order valence-electron chi connectivity index (χ1n) is 8.73. The molecular weight excluding hydrogens is 364 g/mol. The average Bonchev–Trinajstić information content (AvgIpc) is 2.66. The third-order valence-corrected chi connectivity index (χ3v) is 3.78. The van der Waals surface area contributed by atoms with Gasteiger partial charge >= 0.3 is 5.97 Å². The van der Waals surface area contributed by atoms with Crippen LogP contribution in [-0.2, 0) is 20.9 Å². The quantitative estimate of drug-likeness (QED) is 0.421. The van der Waals surface area contributed by atoms with Gasteiger partial charge in [-0.25, -0.2) is 4.79 Å². The second kappa shape index (κ2) is 9.61. The summed E-state index contributed by atoms with van der Waals surface area (Å²) in [5, 5.41) is 13.4. The Hall–Kier alpha value is -3.26. The van der Waals surface area contributed by atoms with Crippen LogP contribution in [0.2, 0.25) is 0 Å². The Morgan fingerprint density at radius 3 is 2.32 bits per heavy atom. The van der Waals surface area contributed by atoms with E-state index in [0.29, 0.717) is 12.2 Å². The summed E-state index contributed by atoms with van der Waals surface area (Å²) in [6.07, 6.45) is -1.03.